The molecule has 0 atom stereocenters. The van der Waals surface area contributed by atoms with Crippen molar-refractivity contribution in [3.05, 3.63) is 36.2 Å². The summed E-state index contributed by atoms with van der Waals surface area (Å²) < 4.78 is 12.5. The van der Waals surface area contributed by atoms with E-state index in [1.54, 1.807) is 0 Å². The first-order chi connectivity index (χ1) is 11.9. The van der Waals surface area contributed by atoms with Crippen molar-refractivity contribution in [1.82, 2.24) is 4.98 Å². The van der Waals surface area contributed by atoms with Crippen molar-refractivity contribution < 1.29 is 9.31 Å². The number of benzene rings is 1. The van der Waals surface area contributed by atoms with Crippen LogP contribution in [0.3, 0.4) is 0 Å². The molecule has 1 saturated carbocycles. The lowest BCUT2D eigenvalue weighted by Crippen LogP contribution is -2.41. The van der Waals surface area contributed by atoms with Crippen molar-refractivity contribution in [2.24, 2.45) is 0 Å². The maximum absolute atomic E-state index is 6.25. The van der Waals surface area contributed by atoms with Crippen molar-refractivity contribution in [2.75, 3.05) is 0 Å². The van der Waals surface area contributed by atoms with Gasteiger partial charge in [0, 0.05) is 17.8 Å². The highest BCUT2D eigenvalue weighted by molar-refractivity contribution is 6.62. The molecule has 2 aliphatic rings. The van der Waals surface area contributed by atoms with Gasteiger partial charge in [-0.1, -0.05) is 37.5 Å². The smallest absolute Gasteiger partial charge is 0.399 e. The summed E-state index contributed by atoms with van der Waals surface area (Å²) in [5, 5.41) is 2.53. The van der Waals surface area contributed by atoms with Crippen molar-refractivity contribution in [3.63, 3.8) is 0 Å². The summed E-state index contributed by atoms with van der Waals surface area (Å²) in [6, 6.07) is 6.55. The Morgan fingerprint density at radius 3 is 2.32 bits per heavy atom. The number of aromatic nitrogens is 1. The molecular weight excluding hydrogens is 309 g/mol. The van der Waals surface area contributed by atoms with Crippen LogP contribution in [-0.4, -0.2) is 23.3 Å². The molecule has 2 aromatic rings. The number of nitrogens with zero attached hydrogens (tertiary/aromatic N) is 1. The van der Waals surface area contributed by atoms with Gasteiger partial charge >= 0.3 is 7.12 Å². The lowest BCUT2D eigenvalue weighted by atomic mass is 9.76. The van der Waals surface area contributed by atoms with Crippen LogP contribution in [-0.2, 0) is 9.31 Å². The molecule has 132 valence electrons. The van der Waals surface area contributed by atoms with Crippen LogP contribution in [0.15, 0.2) is 30.6 Å². The van der Waals surface area contributed by atoms with Gasteiger partial charge in [0.1, 0.15) is 0 Å². The fraction of sp³-hybridized carbons (Fsp3) is 0.571. The number of rotatable bonds is 2. The first-order valence-corrected chi connectivity index (χ1v) is 9.61. The molecule has 3 nitrogen and oxygen atoms in total. The van der Waals surface area contributed by atoms with Crippen LogP contribution < -0.4 is 5.46 Å². The second-order valence-corrected chi connectivity index (χ2v) is 8.63. The minimum absolute atomic E-state index is 0.304. The van der Waals surface area contributed by atoms with Crippen molar-refractivity contribution in [2.45, 2.75) is 76.9 Å². The molecule has 0 radical (unpaired) electrons. The first kappa shape index (κ1) is 17.1. The normalized spacial score (nSPS) is 23.3. The minimum atomic E-state index is -0.308. The van der Waals surface area contributed by atoms with Gasteiger partial charge in [0.15, 0.2) is 0 Å². The average molecular weight is 337 g/mol. The second-order valence-electron chi connectivity index (χ2n) is 8.63. The van der Waals surface area contributed by atoms with Gasteiger partial charge < -0.3 is 9.31 Å². The fourth-order valence-electron chi connectivity index (χ4n) is 4.07. The molecule has 0 N–H and O–H groups in total. The Labute approximate surface area is 151 Å². The largest absolute Gasteiger partial charge is 0.494 e. The summed E-state index contributed by atoms with van der Waals surface area (Å²) in [6.07, 6.45) is 10.6. The first-order valence-electron chi connectivity index (χ1n) is 9.61. The average Bonchev–Trinajstić information content (AvgIpc) is 2.82. The highest BCUT2D eigenvalue weighted by Gasteiger charge is 2.51. The van der Waals surface area contributed by atoms with Gasteiger partial charge in [-0.15, -0.1) is 0 Å². The molecule has 0 spiro atoms. The van der Waals surface area contributed by atoms with E-state index in [9.17, 15) is 0 Å². The van der Waals surface area contributed by atoms with Gasteiger partial charge in [-0.05, 0) is 62.9 Å². The molecule has 1 saturated heterocycles. The topological polar surface area (TPSA) is 31.4 Å². The quantitative estimate of drug-likeness (QED) is 0.752. The predicted molar refractivity (Wildman–Crippen MR) is 103 cm³/mol. The number of fused-ring (bicyclic) bond motifs is 1. The molecule has 1 aliphatic carbocycles. The van der Waals surface area contributed by atoms with E-state index in [1.807, 2.05) is 6.20 Å². The van der Waals surface area contributed by atoms with Crippen LogP contribution in [0.5, 0.6) is 0 Å². The maximum Gasteiger partial charge on any atom is 0.494 e. The van der Waals surface area contributed by atoms with Gasteiger partial charge in [0.05, 0.1) is 11.2 Å². The Bertz CT molecular complexity index is 765. The molecule has 0 bridgehead atoms. The Hall–Kier alpha value is -1.39. The van der Waals surface area contributed by atoms with Crippen molar-refractivity contribution in [1.29, 1.82) is 0 Å². The Kier molecular flexibility index (Phi) is 4.16. The summed E-state index contributed by atoms with van der Waals surface area (Å²) in [6.45, 7) is 8.41. The number of hydrogen-bond acceptors (Lipinski definition) is 3. The zero-order chi connectivity index (χ0) is 17.7. The lowest BCUT2D eigenvalue weighted by molar-refractivity contribution is 0.00578. The number of pyridine rings is 1. The summed E-state index contributed by atoms with van der Waals surface area (Å²) in [7, 11) is -0.304. The Balaban J connectivity index is 1.72. The SMILES string of the molecule is CC1(C)OB(c2ccc3cncc(C4CCCCC4)c3c2)OC1(C)C. The second kappa shape index (κ2) is 6.10. The predicted octanol–water partition coefficient (Wildman–Crippen LogP) is 4.58. The molecule has 0 amide bonds. The Morgan fingerprint density at radius 1 is 0.960 bits per heavy atom. The van der Waals surface area contributed by atoms with E-state index in [2.05, 4.69) is 57.1 Å². The summed E-state index contributed by atoms with van der Waals surface area (Å²) in [5.41, 5.74) is 1.89. The molecule has 2 heterocycles. The van der Waals surface area contributed by atoms with Gasteiger partial charge in [0.25, 0.3) is 0 Å². The van der Waals surface area contributed by atoms with E-state index in [1.165, 1.54) is 48.4 Å². The van der Waals surface area contributed by atoms with Crippen LogP contribution in [0.1, 0.15) is 71.3 Å². The minimum Gasteiger partial charge on any atom is -0.399 e. The van der Waals surface area contributed by atoms with E-state index in [4.69, 9.17) is 9.31 Å². The van der Waals surface area contributed by atoms with Gasteiger partial charge in [-0.3, -0.25) is 4.98 Å². The molecule has 0 unspecified atom stereocenters. The molecule has 2 fully saturated rings. The van der Waals surface area contributed by atoms with E-state index in [0.717, 1.165) is 5.46 Å². The zero-order valence-electron chi connectivity index (χ0n) is 15.8. The van der Waals surface area contributed by atoms with Crippen molar-refractivity contribution in [3.8, 4) is 0 Å². The van der Waals surface area contributed by atoms with E-state index >= 15 is 0 Å². The zero-order valence-corrected chi connectivity index (χ0v) is 15.8. The van der Waals surface area contributed by atoms with Crippen LogP contribution >= 0.6 is 0 Å². The van der Waals surface area contributed by atoms with E-state index in [-0.39, 0.29) is 18.3 Å². The summed E-state index contributed by atoms with van der Waals surface area (Å²) in [4.78, 5) is 4.50. The third kappa shape index (κ3) is 3.00. The third-order valence-corrected chi connectivity index (χ3v) is 6.39. The lowest BCUT2D eigenvalue weighted by Gasteiger charge is -2.32. The number of hydrogen-bond donors (Lipinski definition) is 0. The summed E-state index contributed by atoms with van der Waals surface area (Å²) in [5.74, 6) is 0.637. The van der Waals surface area contributed by atoms with Crippen LogP contribution in [0, 0.1) is 0 Å². The molecule has 1 aromatic carbocycles. The molecule has 4 heteroatoms. The van der Waals surface area contributed by atoms with Crippen molar-refractivity contribution >= 4 is 23.4 Å². The maximum atomic E-state index is 6.25. The molecule has 1 aromatic heterocycles. The van der Waals surface area contributed by atoms with Crippen LogP contribution in [0.2, 0.25) is 0 Å². The highest BCUT2D eigenvalue weighted by Crippen LogP contribution is 2.38. The highest BCUT2D eigenvalue weighted by atomic mass is 16.7. The molecule has 4 rings (SSSR count). The van der Waals surface area contributed by atoms with Gasteiger partial charge in [-0.25, -0.2) is 0 Å². The van der Waals surface area contributed by atoms with Crippen LogP contribution in [0.25, 0.3) is 10.8 Å². The van der Waals surface area contributed by atoms with Gasteiger partial charge in [0.2, 0.25) is 0 Å². The van der Waals surface area contributed by atoms with E-state index < -0.39 is 0 Å². The molecule has 25 heavy (non-hydrogen) atoms. The van der Waals surface area contributed by atoms with Crippen LogP contribution in [0.4, 0.5) is 0 Å². The summed E-state index contributed by atoms with van der Waals surface area (Å²) >= 11 is 0. The Morgan fingerprint density at radius 2 is 1.64 bits per heavy atom. The van der Waals surface area contributed by atoms with Gasteiger partial charge in [-0.2, -0.15) is 0 Å². The fourth-order valence-corrected chi connectivity index (χ4v) is 4.07. The monoisotopic (exact) mass is 337 g/mol. The third-order valence-electron chi connectivity index (χ3n) is 6.39. The molecule has 1 aliphatic heterocycles. The molecular formula is C21H28BNO2. The van der Waals surface area contributed by atoms with E-state index in [0.29, 0.717) is 5.92 Å². The standard InChI is InChI=1S/C21H28BNO2/c1-20(2)21(3,4)25-22(24-20)17-11-10-16-13-23-14-19(18(16)12-17)15-8-6-5-7-9-15/h10-15H,5-9H2,1-4H3.